The molecule has 2 atom stereocenters. The van der Waals surface area contributed by atoms with Gasteiger partial charge in [0, 0.05) is 13.1 Å². The van der Waals surface area contributed by atoms with Crippen molar-refractivity contribution in [2.24, 2.45) is 5.92 Å². The second kappa shape index (κ2) is 9.72. The zero-order valence-electron chi connectivity index (χ0n) is 18.1. The summed E-state index contributed by atoms with van der Waals surface area (Å²) in [4.78, 5) is 13.0. The minimum atomic E-state index is -3.57. The highest BCUT2D eigenvalue weighted by Crippen LogP contribution is 2.28. The van der Waals surface area contributed by atoms with Crippen LogP contribution in [0, 0.1) is 5.92 Å². The standard InChI is InChI=1S/C24H28Cl2N2O3S/c1-16(19-9-8-18-4-2-5-20(18)13-19)27-24(29)21-6-3-11-28(14-21)32(30,31)15-17-7-10-22(25)23(26)12-17/h7-10,12-13,16,21H,2-6,11,14-15H2,1H3,(H,27,29)/t16-,21-/m0/s1. The van der Waals surface area contributed by atoms with E-state index < -0.39 is 10.0 Å². The molecule has 4 rings (SSSR count). The van der Waals surface area contributed by atoms with Gasteiger partial charge in [-0.05, 0) is 73.4 Å². The van der Waals surface area contributed by atoms with Gasteiger partial charge in [-0.25, -0.2) is 12.7 Å². The number of nitrogens with zero attached hydrogens (tertiary/aromatic N) is 1. The van der Waals surface area contributed by atoms with E-state index in [0.717, 1.165) is 18.4 Å². The molecule has 5 nitrogen and oxygen atoms in total. The first-order chi connectivity index (χ1) is 15.2. The summed E-state index contributed by atoms with van der Waals surface area (Å²) >= 11 is 12.0. The molecule has 32 heavy (non-hydrogen) atoms. The van der Waals surface area contributed by atoms with E-state index in [9.17, 15) is 13.2 Å². The summed E-state index contributed by atoms with van der Waals surface area (Å²) in [6, 6.07) is 11.2. The highest BCUT2D eigenvalue weighted by Gasteiger charge is 2.33. The summed E-state index contributed by atoms with van der Waals surface area (Å²) in [6.07, 6.45) is 4.75. The van der Waals surface area contributed by atoms with Gasteiger partial charge in [0.25, 0.3) is 0 Å². The summed E-state index contributed by atoms with van der Waals surface area (Å²) in [5.74, 6) is -0.610. The summed E-state index contributed by atoms with van der Waals surface area (Å²) in [7, 11) is -3.57. The number of rotatable bonds is 6. The number of hydrogen-bond acceptors (Lipinski definition) is 3. The minimum Gasteiger partial charge on any atom is -0.349 e. The third-order valence-corrected chi connectivity index (χ3v) is 9.02. The average molecular weight is 495 g/mol. The normalized spacial score (nSPS) is 20.0. The van der Waals surface area contributed by atoms with Crippen molar-refractivity contribution in [3.05, 3.63) is 68.7 Å². The van der Waals surface area contributed by atoms with E-state index in [1.54, 1.807) is 18.2 Å². The van der Waals surface area contributed by atoms with Crippen molar-refractivity contribution in [2.75, 3.05) is 13.1 Å². The number of nitrogens with one attached hydrogen (secondary N) is 1. The van der Waals surface area contributed by atoms with Gasteiger partial charge in [0.05, 0.1) is 27.8 Å². The highest BCUT2D eigenvalue weighted by atomic mass is 35.5. The molecule has 1 heterocycles. The molecule has 0 radical (unpaired) electrons. The second-order valence-electron chi connectivity index (χ2n) is 8.81. The Labute approximate surface area is 200 Å². The number of hydrogen-bond donors (Lipinski definition) is 1. The van der Waals surface area contributed by atoms with E-state index in [2.05, 4.69) is 23.5 Å². The summed E-state index contributed by atoms with van der Waals surface area (Å²) < 4.78 is 27.4. The van der Waals surface area contributed by atoms with Gasteiger partial charge in [-0.15, -0.1) is 0 Å². The smallest absolute Gasteiger partial charge is 0.224 e. The van der Waals surface area contributed by atoms with Crippen molar-refractivity contribution < 1.29 is 13.2 Å². The zero-order chi connectivity index (χ0) is 22.9. The van der Waals surface area contributed by atoms with Crippen LogP contribution in [0.15, 0.2) is 36.4 Å². The Morgan fingerprint density at radius 2 is 1.88 bits per heavy atom. The first kappa shape index (κ1) is 23.6. The number of benzene rings is 2. The quantitative estimate of drug-likeness (QED) is 0.620. The van der Waals surface area contributed by atoms with Crippen LogP contribution < -0.4 is 5.32 Å². The molecule has 1 amide bonds. The van der Waals surface area contributed by atoms with Crippen LogP contribution >= 0.6 is 23.2 Å². The molecule has 0 bridgehead atoms. The minimum absolute atomic E-state index is 0.0903. The van der Waals surface area contributed by atoms with Gasteiger partial charge >= 0.3 is 0 Å². The Hall–Kier alpha value is -1.60. The molecule has 2 aromatic carbocycles. The summed E-state index contributed by atoms with van der Waals surface area (Å²) in [5, 5.41) is 3.82. The van der Waals surface area contributed by atoms with Crippen LogP contribution in [0.25, 0.3) is 0 Å². The fraction of sp³-hybridized carbons (Fsp3) is 0.458. The van der Waals surface area contributed by atoms with Crippen molar-refractivity contribution >= 4 is 39.1 Å². The van der Waals surface area contributed by atoms with Crippen LogP contribution in [0.2, 0.25) is 10.0 Å². The lowest BCUT2D eigenvalue weighted by Crippen LogP contribution is -2.46. The van der Waals surface area contributed by atoms with E-state index >= 15 is 0 Å². The van der Waals surface area contributed by atoms with Gasteiger partial charge in [0.2, 0.25) is 15.9 Å². The van der Waals surface area contributed by atoms with Gasteiger partial charge < -0.3 is 5.32 Å². The molecule has 0 aromatic heterocycles. The number of carbonyl (C=O) groups is 1. The molecule has 0 saturated carbocycles. The molecule has 1 N–H and O–H groups in total. The summed E-state index contributed by atoms with van der Waals surface area (Å²) in [6.45, 7) is 2.61. The molecule has 1 fully saturated rings. The lowest BCUT2D eigenvalue weighted by molar-refractivity contribution is -0.126. The Bertz CT molecular complexity index is 1120. The van der Waals surface area contributed by atoms with Gasteiger partial charge in [0.15, 0.2) is 0 Å². The average Bonchev–Trinajstić information content (AvgIpc) is 3.24. The number of amides is 1. The van der Waals surface area contributed by atoms with E-state index in [-0.39, 0.29) is 30.2 Å². The van der Waals surface area contributed by atoms with Gasteiger partial charge in [-0.1, -0.05) is 47.5 Å². The molecule has 0 unspecified atom stereocenters. The largest absolute Gasteiger partial charge is 0.349 e. The van der Waals surface area contributed by atoms with Crippen LogP contribution in [-0.4, -0.2) is 31.7 Å². The van der Waals surface area contributed by atoms with Gasteiger partial charge in [-0.2, -0.15) is 0 Å². The topological polar surface area (TPSA) is 66.5 Å². The van der Waals surface area contributed by atoms with Crippen molar-refractivity contribution in [2.45, 2.75) is 50.8 Å². The van der Waals surface area contributed by atoms with Crippen LogP contribution in [0.5, 0.6) is 0 Å². The van der Waals surface area contributed by atoms with Crippen molar-refractivity contribution in [1.82, 2.24) is 9.62 Å². The van der Waals surface area contributed by atoms with Crippen LogP contribution in [-0.2, 0) is 33.4 Å². The number of fused-ring (bicyclic) bond motifs is 1. The van der Waals surface area contributed by atoms with Gasteiger partial charge in [0.1, 0.15) is 0 Å². The number of halogens is 2. The third-order valence-electron chi connectivity index (χ3n) is 6.46. The number of carbonyl (C=O) groups excluding carboxylic acids is 1. The maximum atomic E-state index is 13.0. The van der Waals surface area contributed by atoms with Crippen molar-refractivity contribution in [3.8, 4) is 0 Å². The van der Waals surface area contributed by atoms with E-state index in [0.29, 0.717) is 35.0 Å². The molecule has 8 heteroatoms. The Balaban J connectivity index is 1.39. The molecule has 0 spiro atoms. The predicted octanol–water partition coefficient (Wildman–Crippen LogP) is 4.90. The molecular weight excluding hydrogens is 467 g/mol. The van der Waals surface area contributed by atoms with Crippen LogP contribution in [0.1, 0.15) is 54.5 Å². The molecular formula is C24H28Cl2N2O3S. The maximum absolute atomic E-state index is 13.0. The number of aryl methyl sites for hydroxylation is 2. The molecule has 2 aliphatic rings. The highest BCUT2D eigenvalue weighted by molar-refractivity contribution is 7.88. The Kier molecular flexibility index (Phi) is 7.15. The van der Waals surface area contributed by atoms with E-state index in [4.69, 9.17) is 23.2 Å². The lowest BCUT2D eigenvalue weighted by Gasteiger charge is -2.32. The monoisotopic (exact) mass is 494 g/mol. The molecule has 1 saturated heterocycles. The van der Waals surface area contributed by atoms with Crippen LogP contribution in [0.4, 0.5) is 0 Å². The first-order valence-electron chi connectivity index (χ1n) is 11.1. The van der Waals surface area contributed by atoms with Crippen molar-refractivity contribution in [1.29, 1.82) is 0 Å². The second-order valence-corrected chi connectivity index (χ2v) is 11.6. The molecule has 172 valence electrons. The molecule has 1 aliphatic heterocycles. The fourth-order valence-electron chi connectivity index (χ4n) is 4.62. The Morgan fingerprint density at radius 1 is 1.09 bits per heavy atom. The lowest BCUT2D eigenvalue weighted by atomic mass is 9.97. The molecule has 1 aliphatic carbocycles. The summed E-state index contributed by atoms with van der Waals surface area (Å²) in [5.41, 5.74) is 4.46. The first-order valence-corrected chi connectivity index (χ1v) is 13.4. The fourth-order valence-corrected chi connectivity index (χ4v) is 6.53. The van der Waals surface area contributed by atoms with E-state index in [1.165, 1.54) is 21.9 Å². The van der Waals surface area contributed by atoms with Gasteiger partial charge in [-0.3, -0.25) is 4.79 Å². The third kappa shape index (κ3) is 5.30. The van der Waals surface area contributed by atoms with Crippen molar-refractivity contribution in [3.63, 3.8) is 0 Å². The number of piperidine rings is 1. The Morgan fingerprint density at radius 3 is 2.66 bits per heavy atom. The predicted molar refractivity (Wildman–Crippen MR) is 128 cm³/mol. The maximum Gasteiger partial charge on any atom is 0.224 e. The SMILES string of the molecule is C[C@H](NC(=O)[C@H]1CCCN(S(=O)(=O)Cc2ccc(Cl)c(Cl)c2)C1)c1ccc2c(c1)CCC2. The zero-order valence-corrected chi connectivity index (χ0v) is 20.4. The van der Waals surface area contributed by atoms with Crippen LogP contribution in [0.3, 0.4) is 0 Å². The number of sulfonamides is 1. The van der Waals surface area contributed by atoms with E-state index in [1.807, 2.05) is 6.92 Å². The molecule has 2 aromatic rings.